The van der Waals surface area contributed by atoms with Gasteiger partial charge in [0.25, 0.3) is 0 Å². The number of hydrogen-bond donors (Lipinski definition) is 1. The maximum Gasteiger partial charge on any atom is 0.0703 e. The summed E-state index contributed by atoms with van der Waals surface area (Å²) in [5.74, 6) is 0. The summed E-state index contributed by atoms with van der Waals surface area (Å²) in [6.45, 7) is 9.87. The van der Waals surface area contributed by atoms with Gasteiger partial charge in [-0.2, -0.15) is 0 Å². The van der Waals surface area contributed by atoms with E-state index >= 15 is 0 Å². The molecule has 1 fully saturated rings. The molecule has 0 aromatic rings. The molecule has 0 aromatic heterocycles. The predicted molar refractivity (Wildman–Crippen MR) is 73.4 cm³/mol. The first-order valence-corrected chi connectivity index (χ1v) is 7.24. The van der Waals surface area contributed by atoms with E-state index in [4.69, 9.17) is 4.74 Å². The first-order valence-electron chi connectivity index (χ1n) is 7.24. The Labute approximate surface area is 107 Å². The van der Waals surface area contributed by atoms with Gasteiger partial charge in [-0.15, -0.1) is 0 Å². The van der Waals surface area contributed by atoms with E-state index in [1.54, 1.807) is 0 Å². The minimum absolute atomic E-state index is 0.394. The fourth-order valence-electron chi connectivity index (χ4n) is 2.75. The molecule has 102 valence electrons. The number of hydrogen-bond acceptors (Lipinski definition) is 3. The van der Waals surface area contributed by atoms with Crippen molar-refractivity contribution in [1.82, 2.24) is 10.2 Å². The number of likely N-dealkylation sites (N-methyl/N-ethyl adjacent to an activating group) is 1. The van der Waals surface area contributed by atoms with Gasteiger partial charge in [-0.05, 0) is 39.8 Å². The summed E-state index contributed by atoms with van der Waals surface area (Å²) in [5, 5.41) is 3.56. The number of rotatable bonds is 8. The van der Waals surface area contributed by atoms with Crippen molar-refractivity contribution in [2.45, 2.75) is 64.6 Å². The summed E-state index contributed by atoms with van der Waals surface area (Å²) in [6, 6.07) is 1.26. The van der Waals surface area contributed by atoms with Gasteiger partial charge >= 0.3 is 0 Å². The minimum Gasteiger partial charge on any atom is -0.377 e. The molecule has 1 aliphatic rings. The first-order chi connectivity index (χ1) is 8.20. The van der Waals surface area contributed by atoms with Crippen molar-refractivity contribution in [3.63, 3.8) is 0 Å². The third-order valence-electron chi connectivity index (χ3n) is 3.86. The third kappa shape index (κ3) is 4.57. The van der Waals surface area contributed by atoms with Crippen molar-refractivity contribution in [1.29, 1.82) is 0 Å². The van der Waals surface area contributed by atoms with Crippen LogP contribution in [0, 0.1) is 0 Å². The van der Waals surface area contributed by atoms with Crippen LogP contribution in [0.2, 0.25) is 0 Å². The van der Waals surface area contributed by atoms with Crippen LogP contribution in [0.15, 0.2) is 0 Å². The first kappa shape index (κ1) is 14.9. The molecule has 0 saturated carbocycles. The zero-order valence-corrected chi connectivity index (χ0v) is 12.0. The van der Waals surface area contributed by atoms with Crippen LogP contribution in [0.4, 0.5) is 0 Å². The maximum atomic E-state index is 5.68. The van der Waals surface area contributed by atoms with Crippen LogP contribution in [0.25, 0.3) is 0 Å². The Balaban J connectivity index is 2.43. The second-order valence-electron chi connectivity index (χ2n) is 5.24. The van der Waals surface area contributed by atoms with Crippen molar-refractivity contribution in [3.8, 4) is 0 Å². The molecule has 0 aliphatic carbocycles. The Morgan fingerprint density at radius 3 is 2.65 bits per heavy atom. The molecule has 0 spiro atoms. The molecule has 3 heteroatoms. The summed E-state index contributed by atoms with van der Waals surface area (Å²) in [5.41, 5.74) is 0. The summed E-state index contributed by atoms with van der Waals surface area (Å²) < 4.78 is 5.68. The fraction of sp³-hybridized carbons (Fsp3) is 1.00. The van der Waals surface area contributed by atoms with Crippen LogP contribution in [0.5, 0.6) is 0 Å². The van der Waals surface area contributed by atoms with E-state index in [2.05, 4.69) is 38.0 Å². The van der Waals surface area contributed by atoms with Gasteiger partial charge < -0.3 is 10.1 Å². The second kappa shape index (κ2) is 8.06. The SMILES string of the molecule is CCCNCC(CCC)N(C)C1CCOC1C. The van der Waals surface area contributed by atoms with Gasteiger partial charge in [-0.3, -0.25) is 4.90 Å². The predicted octanol–water partition coefficient (Wildman–Crippen LogP) is 2.26. The highest BCUT2D eigenvalue weighted by Crippen LogP contribution is 2.21. The Morgan fingerprint density at radius 1 is 1.35 bits per heavy atom. The molecular weight excluding hydrogens is 212 g/mol. The molecule has 1 N–H and O–H groups in total. The Morgan fingerprint density at radius 2 is 2.12 bits per heavy atom. The highest BCUT2D eigenvalue weighted by molar-refractivity contribution is 4.85. The van der Waals surface area contributed by atoms with E-state index in [0.29, 0.717) is 18.2 Å². The summed E-state index contributed by atoms with van der Waals surface area (Å²) in [7, 11) is 2.27. The van der Waals surface area contributed by atoms with Crippen molar-refractivity contribution in [2.75, 3.05) is 26.7 Å². The van der Waals surface area contributed by atoms with Crippen molar-refractivity contribution in [3.05, 3.63) is 0 Å². The van der Waals surface area contributed by atoms with Gasteiger partial charge in [0.1, 0.15) is 0 Å². The van der Waals surface area contributed by atoms with Crippen molar-refractivity contribution < 1.29 is 4.74 Å². The van der Waals surface area contributed by atoms with E-state index in [-0.39, 0.29) is 0 Å². The van der Waals surface area contributed by atoms with Gasteiger partial charge in [0.2, 0.25) is 0 Å². The number of nitrogens with one attached hydrogen (secondary N) is 1. The second-order valence-corrected chi connectivity index (χ2v) is 5.24. The lowest BCUT2D eigenvalue weighted by atomic mass is 10.0. The monoisotopic (exact) mass is 242 g/mol. The lowest BCUT2D eigenvalue weighted by molar-refractivity contribution is 0.0651. The third-order valence-corrected chi connectivity index (χ3v) is 3.86. The zero-order chi connectivity index (χ0) is 12.7. The molecule has 0 aromatic carbocycles. The molecule has 3 nitrogen and oxygen atoms in total. The number of ether oxygens (including phenoxy) is 1. The lowest BCUT2D eigenvalue weighted by Gasteiger charge is -2.34. The largest absolute Gasteiger partial charge is 0.377 e. The quantitative estimate of drug-likeness (QED) is 0.661. The topological polar surface area (TPSA) is 24.5 Å². The van der Waals surface area contributed by atoms with E-state index in [1.807, 2.05) is 0 Å². The van der Waals surface area contributed by atoms with Crippen molar-refractivity contribution >= 4 is 0 Å². The van der Waals surface area contributed by atoms with Gasteiger partial charge in [0.15, 0.2) is 0 Å². The number of nitrogens with zero attached hydrogens (tertiary/aromatic N) is 1. The van der Waals surface area contributed by atoms with E-state index in [1.165, 1.54) is 25.7 Å². The summed E-state index contributed by atoms with van der Waals surface area (Å²) in [6.07, 6.45) is 5.32. The Kier molecular flexibility index (Phi) is 7.09. The van der Waals surface area contributed by atoms with E-state index < -0.39 is 0 Å². The molecular formula is C14H30N2O. The van der Waals surface area contributed by atoms with Crippen molar-refractivity contribution in [2.24, 2.45) is 0 Å². The van der Waals surface area contributed by atoms with Crippen LogP contribution in [0.3, 0.4) is 0 Å². The molecule has 1 rings (SSSR count). The minimum atomic E-state index is 0.394. The maximum absolute atomic E-state index is 5.68. The zero-order valence-electron chi connectivity index (χ0n) is 12.0. The molecule has 3 unspecified atom stereocenters. The molecule has 0 bridgehead atoms. The average Bonchev–Trinajstić information content (AvgIpc) is 2.74. The van der Waals surface area contributed by atoms with Crippen LogP contribution < -0.4 is 5.32 Å². The highest BCUT2D eigenvalue weighted by atomic mass is 16.5. The van der Waals surface area contributed by atoms with Crippen LogP contribution in [-0.2, 0) is 4.74 Å². The van der Waals surface area contributed by atoms with Gasteiger partial charge in [0, 0.05) is 25.2 Å². The molecule has 0 radical (unpaired) electrons. The average molecular weight is 242 g/mol. The smallest absolute Gasteiger partial charge is 0.0703 e. The molecule has 1 aliphatic heterocycles. The Hall–Kier alpha value is -0.120. The molecule has 1 saturated heterocycles. The van der Waals surface area contributed by atoms with Crippen LogP contribution in [-0.4, -0.2) is 49.8 Å². The van der Waals surface area contributed by atoms with Gasteiger partial charge in [-0.1, -0.05) is 20.3 Å². The molecule has 17 heavy (non-hydrogen) atoms. The fourth-order valence-corrected chi connectivity index (χ4v) is 2.75. The summed E-state index contributed by atoms with van der Waals surface area (Å²) >= 11 is 0. The highest BCUT2D eigenvalue weighted by Gasteiger charge is 2.31. The van der Waals surface area contributed by atoms with E-state index in [0.717, 1.165) is 19.7 Å². The molecule has 1 heterocycles. The van der Waals surface area contributed by atoms with E-state index in [9.17, 15) is 0 Å². The van der Waals surface area contributed by atoms with Gasteiger partial charge in [0.05, 0.1) is 6.10 Å². The molecule has 3 atom stereocenters. The van der Waals surface area contributed by atoms with Gasteiger partial charge in [-0.25, -0.2) is 0 Å². The Bertz CT molecular complexity index is 199. The molecule has 0 amide bonds. The van der Waals surface area contributed by atoms with Crippen LogP contribution in [0.1, 0.15) is 46.5 Å². The lowest BCUT2D eigenvalue weighted by Crippen LogP contribution is -2.48. The normalized spacial score (nSPS) is 26.6. The van der Waals surface area contributed by atoms with Crippen LogP contribution >= 0.6 is 0 Å². The standard InChI is InChI=1S/C14H30N2O/c1-5-7-13(11-15-9-6-2)16(4)14-8-10-17-12(14)3/h12-15H,5-11H2,1-4H3. The summed E-state index contributed by atoms with van der Waals surface area (Å²) in [4.78, 5) is 2.55.